The van der Waals surface area contributed by atoms with Crippen LogP contribution in [-0.4, -0.2) is 74.2 Å². The van der Waals surface area contributed by atoms with Gasteiger partial charge in [-0.05, 0) is 30.5 Å². The van der Waals surface area contributed by atoms with Crippen molar-refractivity contribution in [3.8, 4) is 5.75 Å². The number of ether oxygens (including phenoxy) is 1. The Labute approximate surface area is 162 Å². The summed E-state index contributed by atoms with van der Waals surface area (Å²) in [6.07, 6.45) is 4.35. The van der Waals surface area contributed by atoms with Crippen LogP contribution in [0.25, 0.3) is 0 Å². The average Bonchev–Trinajstić information content (AvgIpc) is 2.98. The zero-order valence-corrected chi connectivity index (χ0v) is 16.8. The molecule has 0 N–H and O–H groups in total. The van der Waals surface area contributed by atoms with Crippen LogP contribution in [0.3, 0.4) is 0 Å². The summed E-state index contributed by atoms with van der Waals surface area (Å²) in [6.45, 7) is 2.83. The summed E-state index contributed by atoms with van der Waals surface area (Å²) in [7, 11) is -1.81. The molecule has 1 amide bonds. The Bertz CT molecular complexity index is 737. The first kappa shape index (κ1) is 20.1. The number of hydrogen-bond donors (Lipinski definition) is 0. The van der Waals surface area contributed by atoms with Crippen LogP contribution >= 0.6 is 0 Å². The van der Waals surface area contributed by atoms with Crippen molar-refractivity contribution < 1.29 is 17.9 Å². The number of carbonyl (C=O) groups is 1. The molecule has 0 bridgehead atoms. The molecule has 2 heterocycles. The first-order valence-corrected chi connectivity index (χ1v) is 11.1. The molecule has 27 heavy (non-hydrogen) atoms. The molecule has 0 saturated carbocycles. The molecule has 2 fully saturated rings. The summed E-state index contributed by atoms with van der Waals surface area (Å²) < 4.78 is 34.1. The second kappa shape index (κ2) is 9.03. The van der Waals surface area contributed by atoms with E-state index in [4.69, 9.17) is 4.74 Å². The molecule has 2 aliphatic heterocycles. The van der Waals surface area contributed by atoms with Gasteiger partial charge in [-0.2, -0.15) is 17.0 Å². The third kappa shape index (κ3) is 5.00. The maximum absolute atomic E-state index is 12.9. The zero-order chi connectivity index (χ0) is 19.3. The highest BCUT2D eigenvalue weighted by atomic mass is 32.2. The van der Waals surface area contributed by atoms with E-state index in [1.165, 1.54) is 4.31 Å². The van der Waals surface area contributed by atoms with Crippen LogP contribution in [0, 0.1) is 0 Å². The highest BCUT2D eigenvalue weighted by Gasteiger charge is 2.33. The summed E-state index contributed by atoms with van der Waals surface area (Å²) in [6, 6.07) is 7.48. The van der Waals surface area contributed by atoms with Crippen molar-refractivity contribution in [1.82, 2.24) is 13.5 Å². The molecular weight excluding hydrogens is 366 g/mol. The van der Waals surface area contributed by atoms with Crippen LogP contribution in [0.5, 0.6) is 5.75 Å². The largest absolute Gasteiger partial charge is 0.497 e. The van der Waals surface area contributed by atoms with Gasteiger partial charge in [-0.1, -0.05) is 25.0 Å². The van der Waals surface area contributed by atoms with Gasteiger partial charge in [0.15, 0.2) is 0 Å². The molecule has 2 aliphatic rings. The Hall–Kier alpha value is -1.64. The van der Waals surface area contributed by atoms with E-state index in [0.29, 0.717) is 45.7 Å². The second-order valence-electron chi connectivity index (χ2n) is 7.13. The minimum Gasteiger partial charge on any atom is -0.497 e. The van der Waals surface area contributed by atoms with Crippen molar-refractivity contribution in [2.45, 2.75) is 32.1 Å². The van der Waals surface area contributed by atoms with Gasteiger partial charge in [0.2, 0.25) is 5.91 Å². The molecule has 1 aromatic rings. The SMILES string of the molecule is COc1cccc(CC(=O)N2CCN(S(=O)(=O)N3CCCCCC3)CC2)c1. The molecule has 0 spiro atoms. The van der Waals surface area contributed by atoms with Crippen molar-refractivity contribution in [3.05, 3.63) is 29.8 Å². The molecule has 0 unspecified atom stereocenters. The van der Waals surface area contributed by atoms with Crippen LogP contribution < -0.4 is 4.74 Å². The van der Waals surface area contributed by atoms with E-state index in [1.807, 2.05) is 24.3 Å². The maximum atomic E-state index is 12.9. The fourth-order valence-corrected chi connectivity index (χ4v) is 5.34. The van der Waals surface area contributed by atoms with Gasteiger partial charge in [0.25, 0.3) is 10.2 Å². The quantitative estimate of drug-likeness (QED) is 0.758. The van der Waals surface area contributed by atoms with Crippen molar-refractivity contribution in [2.24, 2.45) is 0 Å². The first-order chi connectivity index (χ1) is 13.0. The van der Waals surface area contributed by atoms with Crippen molar-refractivity contribution in [3.63, 3.8) is 0 Å². The lowest BCUT2D eigenvalue weighted by Crippen LogP contribution is -2.54. The highest BCUT2D eigenvalue weighted by molar-refractivity contribution is 7.86. The Morgan fingerprint density at radius 2 is 1.59 bits per heavy atom. The number of rotatable bonds is 5. The average molecular weight is 396 g/mol. The monoisotopic (exact) mass is 395 g/mol. The Morgan fingerprint density at radius 1 is 0.963 bits per heavy atom. The van der Waals surface area contributed by atoms with E-state index in [9.17, 15) is 13.2 Å². The third-order valence-electron chi connectivity index (χ3n) is 5.30. The van der Waals surface area contributed by atoms with Gasteiger partial charge in [-0.25, -0.2) is 0 Å². The van der Waals surface area contributed by atoms with Crippen LogP contribution in [0.15, 0.2) is 24.3 Å². The smallest absolute Gasteiger partial charge is 0.282 e. The lowest BCUT2D eigenvalue weighted by molar-refractivity contribution is -0.131. The molecule has 0 atom stereocenters. The van der Waals surface area contributed by atoms with Gasteiger partial charge in [0.05, 0.1) is 13.5 Å². The van der Waals surface area contributed by atoms with E-state index in [1.54, 1.807) is 16.3 Å². The van der Waals surface area contributed by atoms with Crippen LogP contribution in [0.2, 0.25) is 0 Å². The number of methoxy groups -OCH3 is 1. The summed E-state index contributed by atoms with van der Waals surface area (Å²) in [5.74, 6) is 0.753. The molecule has 150 valence electrons. The molecule has 8 heteroatoms. The predicted octanol–water partition coefficient (Wildman–Crippen LogP) is 1.50. The van der Waals surface area contributed by atoms with Gasteiger partial charge in [-0.15, -0.1) is 0 Å². The van der Waals surface area contributed by atoms with Gasteiger partial charge in [0, 0.05) is 39.3 Å². The summed E-state index contributed by atoms with van der Waals surface area (Å²) in [5, 5.41) is 0. The van der Waals surface area contributed by atoms with Crippen LogP contribution in [0.4, 0.5) is 0 Å². The fourth-order valence-electron chi connectivity index (χ4n) is 3.67. The molecule has 0 aliphatic carbocycles. The van der Waals surface area contributed by atoms with Gasteiger partial charge < -0.3 is 9.64 Å². The molecule has 7 nitrogen and oxygen atoms in total. The Kier molecular flexibility index (Phi) is 6.73. The number of benzene rings is 1. The molecule has 0 radical (unpaired) electrons. The molecule has 0 aromatic heterocycles. The Morgan fingerprint density at radius 3 is 2.22 bits per heavy atom. The van der Waals surface area contributed by atoms with E-state index in [-0.39, 0.29) is 5.91 Å². The van der Waals surface area contributed by atoms with E-state index >= 15 is 0 Å². The van der Waals surface area contributed by atoms with Gasteiger partial charge >= 0.3 is 0 Å². The van der Waals surface area contributed by atoms with Gasteiger partial charge in [0.1, 0.15) is 5.75 Å². The first-order valence-electron chi connectivity index (χ1n) is 9.66. The molecule has 2 saturated heterocycles. The minimum absolute atomic E-state index is 0.0232. The topological polar surface area (TPSA) is 70.2 Å². The van der Waals surface area contributed by atoms with Crippen molar-refractivity contribution in [2.75, 3.05) is 46.4 Å². The minimum atomic E-state index is -3.41. The standard InChI is InChI=1S/C19H29N3O4S/c1-26-18-8-6-7-17(15-18)16-19(23)20-11-13-22(14-12-20)27(24,25)21-9-4-2-3-5-10-21/h6-8,15H,2-5,9-14,16H2,1H3. The van der Waals surface area contributed by atoms with Gasteiger partial charge in [-0.3, -0.25) is 4.79 Å². The van der Waals surface area contributed by atoms with Crippen LogP contribution in [0.1, 0.15) is 31.2 Å². The lowest BCUT2D eigenvalue weighted by Gasteiger charge is -2.36. The van der Waals surface area contributed by atoms with Crippen molar-refractivity contribution >= 4 is 16.1 Å². The maximum Gasteiger partial charge on any atom is 0.282 e. The second-order valence-corrected chi connectivity index (χ2v) is 9.06. The highest BCUT2D eigenvalue weighted by Crippen LogP contribution is 2.19. The normalized spacial score (nSPS) is 20.3. The number of carbonyl (C=O) groups excluding carboxylic acids is 1. The Balaban J connectivity index is 1.55. The molecule has 3 rings (SSSR count). The van der Waals surface area contributed by atoms with E-state index in [0.717, 1.165) is 37.0 Å². The zero-order valence-electron chi connectivity index (χ0n) is 16.0. The third-order valence-corrected chi connectivity index (χ3v) is 7.33. The fraction of sp³-hybridized carbons (Fsp3) is 0.632. The lowest BCUT2D eigenvalue weighted by atomic mass is 10.1. The number of piperazine rings is 1. The predicted molar refractivity (Wildman–Crippen MR) is 104 cm³/mol. The van der Waals surface area contributed by atoms with E-state index < -0.39 is 10.2 Å². The van der Waals surface area contributed by atoms with E-state index in [2.05, 4.69) is 0 Å². The number of amides is 1. The number of nitrogens with zero attached hydrogens (tertiary/aromatic N) is 3. The summed E-state index contributed by atoms with van der Waals surface area (Å²) >= 11 is 0. The molecular formula is C19H29N3O4S. The van der Waals surface area contributed by atoms with Crippen LogP contribution in [-0.2, 0) is 21.4 Å². The summed E-state index contributed by atoms with van der Waals surface area (Å²) in [4.78, 5) is 14.3. The summed E-state index contributed by atoms with van der Waals surface area (Å²) in [5.41, 5.74) is 0.902. The van der Waals surface area contributed by atoms with Crippen molar-refractivity contribution in [1.29, 1.82) is 0 Å². The number of hydrogen-bond acceptors (Lipinski definition) is 4. The molecule has 1 aromatic carbocycles.